The molecular formula is C19H37N5O6. The summed E-state index contributed by atoms with van der Waals surface area (Å²) in [5.41, 5.74) is 23.3. The first kappa shape index (κ1) is 23.8. The van der Waals surface area contributed by atoms with Crippen molar-refractivity contribution < 1.29 is 29.5 Å². The monoisotopic (exact) mass is 431 g/mol. The van der Waals surface area contributed by atoms with Crippen LogP contribution in [-0.4, -0.2) is 96.0 Å². The van der Waals surface area contributed by atoms with Gasteiger partial charge in [-0.25, -0.2) is 0 Å². The van der Waals surface area contributed by atoms with Gasteiger partial charge in [0.25, 0.3) is 0 Å². The van der Waals surface area contributed by atoms with Gasteiger partial charge >= 0.3 is 0 Å². The highest BCUT2D eigenvalue weighted by molar-refractivity contribution is 5.09. The summed E-state index contributed by atoms with van der Waals surface area (Å²) < 4.78 is 17.5. The summed E-state index contributed by atoms with van der Waals surface area (Å²) in [6.07, 6.45) is -1.97. The van der Waals surface area contributed by atoms with Gasteiger partial charge in [-0.2, -0.15) is 0 Å². The van der Waals surface area contributed by atoms with Crippen LogP contribution in [0.1, 0.15) is 19.8 Å². The lowest BCUT2D eigenvalue weighted by Crippen LogP contribution is -2.68. The molecule has 2 fully saturated rings. The molecule has 174 valence electrons. The van der Waals surface area contributed by atoms with E-state index in [1.165, 1.54) is 0 Å². The lowest BCUT2D eigenvalue weighted by molar-refractivity contribution is -0.296. The Morgan fingerprint density at radius 2 is 1.90 bits per heavy atom. The zero-order valence-electron chi connectivity index (χ0n) is 17.6. The van der Waals surface area contributed by atoms with Crippen LogP contribution in [0.2, 0.25) is 0 Å². The second-order valence-corrected chi connectivity index (χ2v) is 8.88. The fourth-order valence-electron chi connectivity index (χ4n) is 4.88. The molecule has 11 nitrogen and oxygen atoms in total. The van der Waals surface area contributed by atoms with Gasteiger partial charge in [-0.05, 0) is 32.9 Å². The van der Waals surface area contributed by atoms with Gasteiger partial charge in [0.1, 0.15) is 29.7 Å². The maximum Gasteiger partial charge on any atom is 0.185 e. The molecule has 1 saturated heterocycles. The number of hydrogen-bond acceptors (Lipinski definition) is 11. The van der Waals surface area contributed by atoms with E-state index in [4.69, 9.17) is 37.1 Å². The molecule has 12 N–H and O–H groups in total. The molecule has 0 aromatic heterocycles. The third-order valence-electron chi connectivity index (χ3n) is 6.53. The number of ether oxygens (including phenoxy) is 3. The van der Waals surface area contributed by atoms with Crippen molar-refractivity contribution in [3.63, 3.8) is 0 Å². The molecule has 1 aliphatic carbocycles. The smallest absolute Gasteiger partial charge is 0.185 e. The zero-order valence-corrected chi connectivity index (χ0v) is 17.6. The quantitative estimate of drug-likeness (QED) is 0.214. The lowest BCUT2D eigenvalue weighted by atomic mass is 9.73. The number of aliphatic hydroxyl groups is 3. The van der Waals surface area contributed by atoms with Crippen molar-refractivity contribution in [2.75, 3.05) is 20.2 Å². The Morgan fingerprint density at radius 1 is 1.20 bits per heavy atom. The van der Waals surface area contributed by atoms with Crippen molar-refractivity contribution in [3.05, 3.63) is 11.8 Å². The molecule has 3 aliphatic rings. The van der Waals surface area contributed by atoms with E-state index in [0.717, 1.165) is 0 Å². The van der Waals surface area contributed by atoms with Crippen molar-refractivity contribution in [1.29, 1.82) is 0 Å². The summed E-state index contributed by atoms with van der Waals surface area (Å²) in [6, 6.07) is -2.08. The van der Waals surface area contributed by atoms with Gasteiger partial charge in [0, 0.05) is 24.0 Å². The molecule has 0 bridgehead atoms. The summed E-state index contributed by atoms with van der Waals surface area (Å²) in [7, 11) is 1.63. The third-order valence-corrected chi connectivity index (χ3v) is 6.53. The Bertz CT molecular complexity index is 622. The Morgan fingerprint density at radius 3 is 2.53 bits per heavy atom. The number of aliphatic hydroxyl groups excluding tert-OH is 2. The summed E-state index contributed by atoms with van der Waals surface area (Å²) in [6.45, 7) is 1.74. The normalized spacial score (nSPS) is 50.0. The van der Waals surface area contributed by atoms with Gasteiger partial charge in [-0.1, -0.05) is 0 Å². The van der Waals surface area contributed by atoms with Crippen LogP contribution in [0.4, 0.5) is 0 Å². The van der Waals surface area contributed by atoms with Gasteiger partial charge in [0.05, 0.1) is 25.3 Å². The van der Waals surface area contributed by atoms with Gasteiger partial charge in [0.2, 0.25) is 0 Å². The van der Waals surface area contributed by atoms with Crippen molar-refractivity contribution in [3.8, 4) is 0 Å². The van der Waals surface area contributed by atoms with Gasteiger partial charge in [-0.3, -0.25) is 0 Å². The molecule has 0 spiro atoms. The Balaban J connectivity index is 1.76. The Kier molecular flexibility index (Phi) is 7.40. The maximum absolute atomic E-state index is 11.2. The molecule has 0 aromatic rings. The van der Waals surface area contributed by atoms with E-state index in [2.05, 4.69) is 5.32 Å². The minimum atomic E-state index is -1.28. The molecule has 3 rings (SSSR count). The Labute approximate surface area is 176 Å². The van der Waals surface area contributed by atoms with E-state index in [1.54, 1.807) is 14.0 Å². The minimum Gasteiger partial charge on any atom is -0.492 e. The summed E-state index contributed by atoms with van der Waals surface area (Å²) in [4.78, 5) is 0. The predicted octanol–water partition coefficient (Wildman–Crippen LogP) is -3.58. The van der Waals surface area contributed by atoms with Crippen molar-refractivity contribution >= 4 is 0 Å². The molecule has 0 aromatic carbocycles. The molecule has 2 heterocycles. The largest absolute Gasteiger partial charge is 0.492 e. The lowest BCUT2D eigenvalue weighted by Gasteiger charge is -2.49. The van der Waals surface area contributed by atoms with Crippen LogP contribution in [0, 0.1) is 5.92 Å². The van der Waals surface area contributed by atoms with Crippen LogP contribution in [-0.2, 0) is 14.2 Å². The third kappa shape index (κ3) is 4.51. The second kappa shape index (κ2) is 9.33. The summed E-state index contributed by atoms with van der Waals surface area (Å²) in [5.74, 6) is 0.0718. The maximum atomic E-state index is 11.2. The fraction of sp³-hybridized carbons (Fsp3) is 0.895. The number of rotatable bonds is 5. The number of hydrogen-bond donors (Lipinski definition) is 8. The number of likely N-dealkylation sites (N-methyl/N-ethyl adjacent to an activating group) is 1. The molecule has 2 aliphatic heterocycles. The first-order valence-electron chi connectivity index (χ1n) is 10.5. The standard InChI is InChI=1S/C19H37N5O6/c1-19(27)7-28-18(14(26)17(19)24-2)30-16-11(23)5-10(22)12(13(16)25)15-9(21)4-3-8(6-20)29-15/h3,9-18,24-27H,4-7,20-23H2,1-2H3. The molecule has 0 amide bonds. The van der Waals surface area contributed by atoms with Gasteiger partial charge in [-0.15, -0.1) is 0 Å². The average Bonchev–Trinajstić information content (AvgIpc) is 2.68. The minimum absolute atomic E-state index is 0.0531. The molecule has 1 saturated carbocycles. The van der Waals surface area contributed by atoms with Crippen molar-refractivity contribution in [2.45, 2.75) is 80.2 Å². The van der Waals surface area contributed by atoms with Crippen molar-refractivity contribution in [2.24, 2.45) is 28.9 Å². The van der Waals surface area contributed by atoms with Gasteiger partial charge in [0.15, 0.2) is 6.29 Å². The van der Waals surface area contributed by atoms with E-state index in [0.29, 0.717) is 18.6 Å². The first-order valence-corrected chi connectivity index (χ1v) is 10.5. The van der Waals surface area contributed by atoms with E-state index < -0.39 is 60.4 Å². The van der Waals surface area contributed by atoms with E-state index in [-0.39, 0.29) is 19.2 Å². The summed E-state index contributed by atoms with van der Waals surface area (Å²) in [5, 5.41) is 35.1. The molecule has 11 unspecified atom stereocenters. The highest BCUT2D eigenvalue weighted by atomic mass is 16.7. The SMILES string of the molecule is CNC1C(O)C(OC2C(N)CC(N)C(C3OC(CN)=CCC3N)C2O)OCC1(C)O. The molecule has 11 atom stereocenters. The fourth-order valence-corrected chi connectivity index (χ4v) is 4.88. The van der Waals surface area contributed by atoms with Crippen LogP contribution in [0.5, 0.6) is 0 Å². The first-order chi connectivity index (χ1) is 14.1. The Hall–Kier alpha value is -0.860. The van der Waals surface area contributed by atoms with E-state index >= 15 is 0 Å². The van der Waals surface area contributed by atoms with Crippen LogP contribution < -0.4 is 28.3 Å². The number of nitrogens with one attached hydrogen (secondary N) is 1. The van der Waals surface area contributed by atoms with Crippen LogP contribution in [0.15, 0.2) is 11.8 Å². The zero-order chi connectivity index (χ0) is 22.2. The topological polar surface area (TPSA) is 204 Å². The molecule has 11 heteroatoms. The van der Waals surface area contributed by atoms with Crippen LogP contribution in [0.25, 0.3) is 0 Å². The van der Waals surface area contributed by atoms with Gasteiger partial charge < -0.3 is 57.8 Å². The predicted molar refractivity (Wildman–Crippen MR) is 109 cm³/mol. The number of nitrogens with two attached hydrogens (primary N) is 4. The molecule has 0 radical (unpaired) electrons. The van der Waals surface area contributed by atoms with E-state index in [9.17, 15) is 15.3 Å². The highest BCUT2D eigenvalue weighted by Crippen LogP contribution is 2.35. The van der Waals surface area contributed by atoms with Crippen molar-refractivity contribution in [1.82, 2.24) is 5.32 Å². The molecular weight excluding hydrogens is 394 g/mol. The highest BCUT2D eigenvalue weighted by Gasteiger charge is 2.52. The second-order valence-electron chi connectivity index (χ2n) is 8.88. The van der Waals surface area contributed by atoms with Crippen LogP contribution >= 0.6 is 0 Å². The van der Waals surface area contributed by atoms with E-state index in [1.807, 2.05) is 6.08 Å². The average molecular weight is 432 g/mol. The van der Waals surface area contributed by atoms with Crippen LogP contribution in [0.3, 0.4) is 0 Å². The summed E-state index contributed by atoms with van der Waals surface area (Å²) >= 11 is 0. The molecule has 30 heavy (non-hydrogen) atoms.